The van der Waals surface area contributed by atoms with Gasteiger partial charge in [0.25, 0.3) is 0 Å². The van der Waals surface area contributed by atoms with Crippen molar-refractivity contribution in [3.8, 4) is 11.3 Å². The molecule has 0 spiro atoms. The van der Waals surface area contributed by atoms with Crippen LogP contribution in [0, 0.1) is 0 Å². The van der Waals surface area contributed by atoms with Gasteiger partial charge in [0.05, 0.1) is 17.3 Å². The number of halogens is 1. The van der Waals surface area contributed by atoms with E-state index in [1.165, 1.54) is 0 Å². The number of aromatic nitrogens is 4. The van der Waals surface area contributed by atoms with Crippen molar-refractivity contribution in [2.75, 3.05) is 40.9 Å². The van der Waals surface area contributed by atoms with Crippen molar-refractivity contribution in [2.24, 2.45) is 0 Å². The van der Waals surface area contributed by atoms with Gasteiger partial charge in [-0.15, -0.1) is 0 Å². The van der Waals surface area contributed by atoms with Crippen LogP contribution >= 0.6 is 11.6 Å². The number of aliphatic hydroxyl groups is 1. The molecule has 2 unspecified atom stereocenters. The summed E-state index contributed by atoms with van der Waals surface area (Å²) in [5, 5.41) is 9.96. The Morgan fingerprint density at radius 2 is 1.86 bits per heavy atom. The average molecular weight is 522 g/mol. The number of hydrogen-bond acceptors (Lipinski definition) is 8. The van der Waals surface area contributed by atoms with Gasteiger partial charge < -0.3 is 19.8 Å². The van der Waals surface area contributed by atoms with Gasteiger partial charge in [-0.25, -0.2) is 9.97 Å². The molecule has 5 rings (SSSR count). The fraction of sp³-hybridized carbons (Fsp3) is 0.500. The molecular weight excluding hydrogens is 486 g/mol. The lowest BCUT2D eigenvalue weighted by atomic mass is 10.1. The van der Waals surface area contributed by atoms with E-state index in [1.54, 1.807) is 12.3 Å². The van der Waals surface area contributed by atoms with Crippen molar-refractivity contribution in [2.45, 2.75) is 65.1 Å². The summed E-state index contributed by atoms with van der Waals surface area (Å²) in [6.07, 6.45) is 5.89. The van der Waals surface area contributed by atoms with E-state index in [-0.39, 0.29) is 12.6 Å². The lowest BCUT2D eigenvalue weighted by molar-refractivity contribution is 0.281. The Hall–Kier alpha value is -2.97. The van der Waals surface area contributed by atoms with Crippen LogP contribution < -0.4 is 14.7 Å². The topological polar surface area (TPSA) is 81.5 Å². The molecule has 8 nitrogen and oxygen atoms in total. The van der Waals surface area contributed by atoms with Gasteiger partial charge in [0.15, 0.2) is 0 Å². The van der Waals surface area contributed by atoms with Gasteiger partial charge in [-0.2, -0.15) is 4.98 Å². The molecule has 9 heteroatoms. The first-order valence-electron chi connectivity index (χ1n) is 13.2. The van der Waals surface area contributed by atoms with Crippen LogP contribution in [0.1, 0.15) is 57.7 Å². The summed E-state index contributed by atoms with van der Waals surface area (Å²) >= 11 is 6.51. The second-order valence-electron chi connectivity index (χ2n) is 10.5. The van der Waals surface area contributed by atoms with Gasteiger partial charge in [0.2, 0.25) is 5.95 Å². The molecule has 0 amide bonds. The van der Waals surface area contributed by atoms with Gasteiger partial charge >= 0.3 is 0 Å². The Morgan fingerprint density at radius 1 is 1.03 bits per heavy atom. The number of hydrogen-bond donors (Lipinski definition) is 1. The summed E-state index contributed by atoms with van der Waals surface area (Å²) < 4.78 is 0. The Morgan fingerprint density at radius 3 is 2.54 bits per heavy atom. The molecule has 0 bridgehead atoms. The fourth-order valence-corrected chi connectivity index (χ4v) is 5.59. The van der Waals surface area contributed by atoms with Gasteiger partial charge in [-0.3, -0.25) is 4.98 Å². The van der Waals surface area contributed by atoms with Crippen LogP contribution in [0.25, 0.3) is 11.3 Å². The number of aliphatic hydroxyl groups excluding tert-OH is 1. The molecule has 2 saturated heterocycles. The van der Waals surface area contributed by atoms with Crippen LogP contribution in [0.3, 0.4) is 0 Å². The molecule has 3 aromatic heterocycles. The summed E-state index contributed by atoms with van der Waals surface area (Å²) in [6, 6.07) is 8.73. The van der Waals surface area contributed by atoms with E-state index in [0.717, 1.165) is 73.6 Å². The van der Waals surface area contributed by atoms with Crippen molar-refractivity contribution in [3.05, 3.63) is 52.9 Å². The average Bonchev–Trinajstić information content (AvgIpc) is 3.34. The second kappa shape index (κ2) is 10.8. The molecule has 196 valence electrons. The highest BCUT2D eigenvalue weighted by atomic mass is 35.5. The SMILES string of the molecule is CC(C)c1cc(-c2cc(N3CCN(c4ncc(CO)cc4Cl)CC3C)nc(N3CCCC3C)n2)ccn1. The molecular formula is C28H36ClN7O. The minimum absolute atomic E-state index is 0.0681. The Kier molecular flexibility index (Phi) is 7.49. The minimum atomic E-state index is -0.0681. The molecule has 0 aromatic carbocycles. The fourth-order valence-electron chi connectivity index (χ4n) is 5.28. The second-order valence-corrected chi connectivity index (χ2v) is 10.9. The molecule has 2 atom stereocenters. The van der Waals surface area contributed by atoms with Crippen LogP contribution in [0.2, 0.25) is 5.02 Å². The van der Waals surface area contributed by atoms with E-state index in [9.17, 15) is 5.11 Å². The van der Waals surface area contributed by atoms with Gasteiger partial charge in [0, 0.05) is 68.0 Å². The maximum absolute atomic E-state index is 9.39. The molecule has 0 radical (unpaired) electrons. The van der Waals surface area contributed by atoms with E-state index in [2.05, 4.69) is 64.5 Å². The number of nitrogens with zero attached hydrogens (tertiary/aromatic N) is 7. The molecule has 3 aromatic rings. The van der Waals surface area contributed by atoms with Crippen molar-refractivity contribution < 1.29 is 5.11 Å². The van der Waals surface area contributed by atoms with Crippen LogP contribution in [0.15, 0.2) is 36.7 Å². The van der Waals surface area contributed by atoms with Crippen molar-refractivity contribution in [1.29, 1.82) is 0 Å². The number of pyridine rings is 2. The quantitative estimate of drug-likeness (QED) is 0.490. The summed E-state index contributed by atoms with van der Waals surface area (Å²) in [6.45, 7) is 12.0. The predicted molar refractivity (Wildman–Crippen MR) is 150 cm³/mol. The summed E-state index contributed by atoms with van der Waals surface area (Å²) in [5.74, 6) is 2.86. The Balaban J connectivity index is 1.46. The molecule has 0 aliphatic carbocycles. The van der Waals surface area contributed by atoms with E-state index in [1.807, 2.05) is 12.3 Å². The lowest BCUT2D eigenvalue weighted by Gasteiger charge is -2.41. The van der Waals surface area contributed by atoms with Crippen molar-refractivity contribution >= 4 is 29.2 Å². The highest BCUT2D eigenvalue weighted by Gasteiger charge is 2.29. The molecule has 1 N–H and O–H groups in total. The first kappa shape index (κ1) is 25.7. The Labute approximate surface area is 224 Å². The van der Waals surface area contributed by atoms with Crippen LogP contribution in [-0.4, -0.2) is 63.3 Å². The predicted octanol–water partition coefficient (Wildman–Crippen LogP) is 4.91. The van der Waals surface area contributed by atoms with E-state index < -0.39 is 0 Å². The molecule has 5 heterocycles. The highest BCUT2D eigenvalue weighted by Crippen LogP contribution is 2.32. The van der Waals surface area contributed by atoms with Crippen molar-refractivity contribution in [1.82, 2.24) is 19.9 Å². The van der Waals surface area contributed by atoms with Crippen LogP contribution in [0.5, 0.6) is 0 Å². The zero-order valence-corrected chi connectivity index (χ0v) is 22.9. The standard InChI is InChI=1S/C28H36ClN7O/c1-18(2)24-13-22(7-8-30-24)25-14-26(33-28(32-25)36-9-5-6-19(36)3)35-11-10-34(16-20(35)4)27-23(29)12-21(17-37)15-31-27/h7-8,12-15,18-20,37H,5-6,9-11,16-17H2,1-4H3. The van der Waals surface area contributed by atoms with E-state index >= 15 is 0 Å². The largest absolute Gasteiger partial charge is 0.392 e. The summed E-state index contributed by atoms with van der Waals surface area (Å²) in [4.78, 5) is 26.2. The van der Waals surface area contributed by atoms with Gasteiger partial charge in [0.1, 0.15) is 11.6 Å². The molecule has 2 fully saturated rings. The molecule has 2 aliphatic rings. The Bertz CT molecular complexity index is 1250. The normalized spacial score (nSPS) is 20.2. The van der Waals surface area contributed by atoms with E-state index in [0.29, 0.717) is 22.5 Å². The first-order valence-corrected chi connectivity index (χ1v) is 13.6. The third-order valence-electron chi connectivity index (χ3n) is 7.46. The third kappa shape index (κ3) is 5.36. The smallest absolute Gasteiger partial charge is 0.228 e. The lowest BCUT2D eigenvalue weighted by Crippen LogP contribution is -2.52. The third-order valence-corrected chi connectivity index (χ3v) is 7.74. The van der Waals surface area contributed by atoms with Gasteiger partial charge in [-0.05, 0) is 56.4 Å². The van der Waals surface area contributed by atoms with Gasteiger partial charge in [-0.1, -0.05) is 25.4 Å². The molecule has 2 aliphatic heterocycles. The van der Waals surface area contributed by atoms with E-state index in [4.69, 9.17) is 21.6 Å². The van der Waals surface area contributed by atoms with Crippen molar-refractivity contribution in [3.63, 3.8) is 0 Å². The molecule has 0 saturated carbocycles. The summed E-state index contributed by atoms with van der Waals surface area (Å²) in [5.41, 5.74) is 3.78. The zero-order chi connectivity index (χ0) is 26.1. The minimum Gasteiger partial charge on any atom is -0.392 e. The molecule has 37 heavy (non-hydrogen) atoms. The zero-order valence-electron chi connectivity index (χ0n) is 22.1. The number of anilines is 3. The summed E-state index contributed by atoms with van der Waals surface area (Å²) in [7, 11) is 0. The van der Waals surface area contributed by atoms with Crippen LogP contribution in [0.4, 0.5) is 17.6 Å². The number of piperazine rings is 1. The highest BCUT2D eigenvalue weighted by molar-refractivity contribution is 6.33. The van der Waals surface area contributed by atoms with Crippen LogP contribution in [-0.2, 0) is 6.61 Å². The number of rotatable bonds is 6. The first-order chi connectivity index (χ1) is 17.8. The maximum Gasteiger partial charge on any atom is 0.228 e. The maximum atomic E-state index is 9.39. The monoisotopic (exact) mass is 521 g/mol.